The van der Waals surface area contributed by atoms with Gasteiger partial charge < -0.3 is 14.5 Å². The van der Waals surface area contributed by atoms with Crippen molar-refractivity contribution in [1.82, 2.24) is 5.32 Å². The summed E-state index contributed by atoms with van der Waals surface area (Å²) in [5, 5.41) is 3.18. The molecule has 0 aliphatic heterocycles. The molecule has 2 aromatic carbocycles. The van der Waals surface area contributed by atoms with Crippen LogP contribution in [-0.2, 0) is 4.79 Å². The average Bonchev–Trinajstić information content (AvgIpc) is 3.49. The molecule has 1 atom stereocenters. The first-order valence-corrected chi connectivity index (χ1v) is 11.0. The Labute approximate surface area is 188 Å². The number of nitrogens with zero attached hydrogens (tertiary/aromatic N) is 1. The Bertz CT molecular complexity index is 1050. The third-order valence-electron chi connectivity index (χ3n) is 5.98. The number of nitrogens with one attached hydrogen (secondary N) is 1. The number of carbonyl (C=O) groups excluding carboxylic acids is 2. The van der Waals surface area contributed by atoms with E-state index >= 15 is 0 Å². The lowest BCUT2D eigenvalue weighted by Crippen LogP contribution is -2.46. The Morgan fingerprint density at radius 3 is 2.31 bits per heavy atom. The van der Waals surface area contributed by atoms with Crippen LogP contribution in [-0.4, -0.2) is 25.0 Å². The third-order valence-corrected chi connectivity index (χ3v) is 5.98. The highest BCUT2D eigenvalue weighted by molar-refractivity contribution is 6.10. The van der Waals surface area contributed by atoms with Crippen LogP contribution in [0.15, 0.2) is 71.3 Å². The number of anilines is 1. The molecule has 1 saturated carbocycles. The van der Waals surface area contributed by atoms with Crippen molar-refractivity contribution >= 4 is 17.5 Å². The monoisotopic (exact) mass is 432 g/mol. The Hall–Kier alpha value is -3.54. The van der Waals surface area contributed by atoms with Gasteiger partial charge in [0.05, 0.1) is 18.9 Å². The number of methoxy groups -OCH3 is 1. The number of rotatable bonds is 7. The average molecular weight is 433 g/mol. The van der Waals surface area contributed by atoms with Gasteiger partial charge in [0.15, 0.2) is 0 Å². The summed E-state index contributed by atoms with van der Waals surface area (Å²) in [6.45, 7) is 1.75. The molecule has 32 heavy (non-hydrogen) atoms. The SMILES string of the molecule is COc1ccc([C@H](C(=O)NC2CCCC2)N(C(=O)c2ccoc2C)c2ccccc2)cc1. The van der Waals surface area contributed by atoms with Gasteiger partial charge in [-0.2, -0.15) is 0 Å². The Morgan fingerprint density at radius 1 is 1.03 bits per heavy atom. The molecule has 4 rings (SSSR count). The summed E-state index contributed by atoms with van der Waals surface area (Å²) in [7, 11) is 1.60. The van der Waals surface area contributed by atoms with Crippen LogP contribution in [0.5, 0.6) is 5.75 Å². The second kappa shape index (κ2) is 9.73. The first kappa shape index (κ1) is 21.7. The van der Waals surface area contributed by atoms with Gasteiger partial charge in [-0.15, -0.1) is 0 Å². The number of carbonyl (C=O) groups is 2. The highest BCUT2D eigenvalue weighted by atomic mass is 16.5. The molecule has 0 bridgehead atoms. The van der Waals surface area contributed by atoms with Crippen LogP contribution in [0.4, 0.5) is 5.69 Å². The molecule has 6 heteroatoms. The zero-order chi connectivity index (χ0) is 22.5. The van der Waals surface area contributed by atoms with Gasteiger partial charge in [0, 0.05) is 11.7 Å². The minimum absolute atomic E-state index is 0.131. The van der Waals surface area contributed by atoms with Gasteiger partial charge >= 0.3 is 0 Å². The van der Waals surface area contributed by atoms with Crippen LogP contribution in [0, 0.1) is 6.92 Å². The van der Waals surface area contributed by atoms with Crippen molar-refractivity contribution in [2.24, 2.45) is 0 Å². The number of hydrogen-bond donors (Lipinski definition) is 1. The third kappa shape index (κ3) is 4.54. The molecule has 0 unspecified atom stereocenters. The summed E-state index contributed by atoms with van der Waals surface area (Å²) >= 11 is 0. The van der Waals surface area contributed by atoms with Gasteiger partial charge in [0.1, 0.15) is 17.6 Å². The highest BCUT2D eigenvalue weighted by Crippen LogP contribution is 2.32. The summed E-state index contributed by atoms with van der Waals surface area (Å²) < 4.78 is 10.7. The van der Waals surface area contributed by atoms with Gasteiger partial charge in [-0.25, -0.2) is 0 Å². The number of amides is 2. The second-order valence-electron chi connectivity index (χ2n) is 8.07. The first-order chi connectivity index (χ1) is 15.6. The highest BCUT2D eigenvalue weighted by Gasteiger charge is 2.35. The van der Waals surface area contributed by atoms with Gasteiger partial charge in [-0.1, -0.05) is 43.2 Å². The Morgan fingerprint density at radius 2 is 1.72 bits per heavy atom. The number of ether oxygens (including phenoxy) is 1. The summed E-state index contributed by atoms with van der Waals surface area (Å²) in [6, 6.07) is 17.5. The van der Waals surface area contributed by atoms with Crippen LogP contribution in [0.25, 0.3) is 0 Å². The Kier molecular flexibility index (Phi) is 6.59. The van der Waals surface area contributed by atoms with E-state index in [-0.39, 0.29) is 17.9 Å². The van der Waals surface area contributed by atoms with Crippen LogP contribution < -0.4 is 15.0 Å². The molecule has 1 aliphatic rings. The van der Waals surface area contributed by atoms with E-state index in [0.717, 1.165) is 25.7 Å². The molecule has 1 aliphatic carbocycles. The van der Waals surface area contributed by atoms with E-state index in [4.69, 9.17) is 9.15 Å². The van der Waals surface area contributed by atoms with Crippen LogP contribution in [0.1, 0.15) is 53.4 Å². The maximum atomic E-state index is 13.8. The smallest absolute Gasteiger partial charge is 0.262 e. The van der Waals surface area contributed by atoms with Crippen molar-refractivity contribution < 1.29 is 18.7 Å². The predicted octanol–water partition coefficient (Wildman–Crippen LogP) is 5.04. The summed E-state index contributed by atoms with van der Waals surface area (Å²) in [5.74, 6) is 0.720. The molecule has 2 amide bonds. The predicted molar refractivity (Wildman–Crippen MR) is 123 cm³/mol. The quantitative estimate of drug-likeness (QED) is 0.568. The lowest BCUT2D eigenvalue weighted by molar-refractivity contribution is -0.123. The molecule has 1 N–H and O–H groups in total. The largest absolute Gasteiger partial charge is 0.497 e. The van der Waals surface area contributed by atoms with Crippen LogP contribution in [0.3, 0.4) is 0 Å². The molecule has 166 valence electrons. The summed E-state index contributed by atoms with van der Waals surface area (Å²) in [4.78, 5) is 29.0. The van der Waals surface area contributed by atoms with Gasteiger partial charge in [0.25, 0.3) is 5.91 Å². The molecule has 0 radical (unpaired) electrons. The van der Waals surface area contributed by atoms with Crippen molar-refractivity contribution in [2.45, 2.75) is 44.7 Å². The lowest BCUT2D eigenvalue weighted by Gasteiger charge is -2.32. The van der Waals surface area contributed by atoms with E-state index in [1.54, 1.807) is 25.0 Å². The number of benzene rings is 2. The molecule has 0 spiro atoms. The van der Waals surface area contributed by atoms with Crippen molar-refractivity contribution in [3.63, 3.8) is 0 Å². The van der Waals surface area contributed by atoms with Crippen molar-refractivity contribution in [3.8, 4) is 5.75 Å². The number of hydrogen-bond acceptors (Lipinski definition) is 4. The fourth-order valence-corrected chi connectivity index (χ4v) is 4.26. The zero-order valence-corrected chi connectivity index (χ0v) is 18.4. The molecular weight excluding hydrogens is 404 g/mol. The minimum Gasteiger partial charge on any atom is -0.497 e. The number of furan rings is 1. The summed E-state index contributed by atoms with van der Waals surface area (Å²) in [6.07, 6.45) is 5.62. The molecule has 1 aromatic heterocycles. The van der Waals surface area contributed by atoms with Crippen molar-refractivity contribution in [2.75, 3.05) is 12.0 Å². The number of para-hydroxylation sites is 1. The fourth-order valence-electron chi connectivity index (χ4n) is 4.26. The van der Waals surface area contributed by atoms with E-state index in [0.29, 0.717) is 28.3 Å². The molecule has 1 heterocycles. The van der Waals surface area contributed by atoms with Crippen molar-refractivity contribution in [3.05, 3.63) is 83.8 Å². The van der Waals surface area contributed by atoms with Gasteiger partial charge in [0.2, 0.25) is 5.91 Å². The van der Waals surface area contributed by atoms with Crippen molar-refractivity contribution in [1.29, 1.82) is 0 Å². The van der Waals surface area contributed by atoms with Crippen LogP contribution >= 0.6 is 0 Å². The van der Waals surface area contributed by atoms with E-state index in [9.17, 15) is 9.59 Å². The molecular formula is C26H28N2O4. The molecule has 3 aromatic rings. The van der Waals surface area contributed by atoms with Gasteiger partial charge in [-0.3, -0.25) is 14.5 Å². The first-order valence-electron chi connectivity index (χ1n) is 11.0. The standard InChI is InChI=1S/C26H28N2O4/c1-18-23(16-17-32-18)26(30)28(21-10-4-3-5-11-21)24(19-12-14-22(31-2)15-13-19)25(29)27-20-8-6-7-9-20/h3-5,10-17,20,24H,6-9H2,1-2H3,(H,27,29)/t24-/m1/s1. The van der Waals surface area contributed by atoms with E-state index < -0.39 is 6.04 Å². The number of aryl methyl sites for hydroxylation is 1. The maximum Gasteiger partial charge on any atom is 0.262 e. The zero-order valence-electron chi connectivity index (χ0n) is 18.4. The molecule has 6 nitrogen and oxygen atoms in total. The lowest BCUT2D eigenvalue weighted by atomic mass is 10.0. The topological polar surface area (TPSA) is 71.8 Å². The van der Waals surface area contributed by atoms with E-state index in [1.807, 2.05) is 54.6 Å². The van der Waals surface area contributed by atoms with Gasteiger partial charge in [-0.05, 0) is 55.7 Å². The van der Waals surface area contributed by atoms with E-state index in [2.05, 4.69) is 5.32 Å². The normalized spacial score (nSPS) is 14.7. The minimum atomic E-state index is -0.842. The Balaban J connectivity index is 1.80. The molecule has 0 saturated heterocycles. The second-order valence-corrected chi connectivity index (χ2v) is 8.07. The van der Waals surface area contributed by atoms with E-state index in [1.165, 1.54) is 6.26 Å². The maximum absolute atomic E-state index is 13.8. The van der Waals surface area contributed by atoms with Crippen LogP contribution in [0.2, 0.25) is 0 Å². The molecule has 1 fully saturated rings. The summed E-state index contributed by atoms with van der Waals surface area (Å²) in [5.41, 5.74) is 1.78. The fraction of sp³-hybridized carbons (Fsp3) is 0.308.